The highest BCUT2D eigenvalue weighted by Gasteiger charge is 2.17. The smallest absolute Gasteiger partial charge is 0.305 e. The van der Waals surface area contributed by atoms with E-state index in [0.29, 0.717) is 5.56 Å². The topological polar surface area (TPSA) is 42.2 Å². The van der Waals surface area contributed by atoms with E-state index in [1.54, 1.807) is 36.1 Å². The molecule has 1 amide bonds. The van der Waals surface area contributed by atoms with Crippen LogP contribution in [-0.4, -0.2) is 13.0 Å². The van der Waals surface area contributed by atoms with Crippen molar-refractivity contribution in [2.45, 2.75) is 0 Å². The van der Waals surface area contributed by atoms with Crippen LogP contribution < -0.4 is 27.2 Å². The zero-order valence-electron chi connectivity index (χ0n) is 14.1. The molecule has 130 valence electrons. The molecule has 0 aliphatic carbocycles. The second-order valence-corrected chi connectivity index (χ2v) is 5.77. The van der Waals surface area contributed by atoms with Gasteiger partial charge in [-0.15, -0.1) is 5.43 Å². The third-order valence-electron chi connectivity index (χ3n) is 4.26. The summed E-state index contributed by atoms with van der Waals surface area (Å²) < 4.78 is 6.92. The summed E-state index contributed by atoms with van der Waals surface area (Å²) in [5.74, 6) is 0.549. The Morgan fingerprint density at radius 3 is 2.27 bits per heavy atom. The maximum Gasteiger partial charge on any atom is 0.305 e. The van der Waals surface area contributed by atoms with Gasteiger partial charge >= 0.3 is 5.91 Å². The molecule has 0 radical (unpaired) electrons. The number of ether oxygens (including phenoxy) is 1. The quantitative estimate of drug-likeness (QED) is 0.429. The number of hydrogen-bond acceptors (Lipinski definition) is 2. The minimum absolute atomic E-state index is 0. The second kappa shape index (κ2) is 7.42. The lowest BCUT2D eigenvalue weighted by Crippen LogP contribution is -3.00. The van der Waals surface area contributed by atoms with E-state index in [0.717, 1.165) is 27.4 Å². The van der Waals surface area contributed by atoms with Gasteiger partial charge in [0.05, 0.1) is 12.5 Å². The van der Waals surface area contributed by atoms with E-state index in [9.17, 15) is 4.79 Å². The molecule has 0 saturated carbocycles. The highest BCUT2D eigenvalue weighted by Crippen LogP contribution is 2.21. The summed E-state index contributed by atoms with van der Waals surface area (Å²) >= 11 is 0. The van der Waals surface area contributed by atoms with Crippen molar-refractivity contribution >= 4 is 27.6 Å². The van der Waals surface area contributed by atoms with Crippen LogP contribution in [0.1, 0.15) is 10.4 Å². The van der Waals surface area contributed by atoms with Gasteiger partial charge < -0.3 is 17.1 Å². The molecule has 0 fully saturated rings. The second-order valence-electron chi connectivity index (χ2n) is 5.77. The molecule has 0 aliphatic heterocycles. The van der Waals surface area contributed by atoms with E-state index in [1.807, 2.05) is 42.6 Å². The zero-order valence-corrected chi connectivity index (χ0v) is 14.9. The summed E-state index contributed by atoms with van der Waals surface area (Å²) in [6.07, 6.45) is 1.94. The molecule has 1 aromatic heterocycles. The molecule has 0 saturated heterocycles. The van der Waals surface area contributed by atoms with Crippen LogP contribution in [0.4, 0.5) is 0 Å². The van der Waals surface area contributed by atoms with Gasteiger partial charge in [0.25, 0.3) is 0 Å². The predicted molar refractivity (Wildman–Crippen MR) is 98.3 cm³/mol. The van der Waals surface area contributed by atoms with Gasteiger partial charge in [-0.1, -0.05) is 35.0 Å². The number of hydrogen-bond donors (Lipinski definition) is 1. The van der Waals surface area contributed by atoms with E-state index in [2.05, 4.69) is 17.6 Å². The summed E-state index contributed by atoms with van der Waals surface area (Å²) in [7, 11) is 1.60. The Labute approximate surface area is 157 Å². The molecule has 0 bridgehead atoms. The Balaban J connectivity index is 0.00000196. The molecule has 0 spiro atoms. The van der Waals surface area contributed by atoms with Crippen molar-refractivity contribution in [1.29, 1.82) is 0 Å². The standard InChI is InChI=1S/C21H16N2O2.ClH/c1-25-17-12-10-15(11-13-17)21(24)22-23-14-16-6-2-3-7-18(16)19-8-4-5-9-20(19)23;/h2-14H,1H3;1H. The Hall–Kier alpha value is -3.11. The number of halogens is 1. The number of para-hydroxylation sites is 1. The van der Waals surface area contributed by atoms with E-state index in [-0.39, 0.29) is 18.3 Å². The maximum absolute atomic E-state index is 12.6. The minimum atomic E-state index is -0.173. The van der Waals surface area contributed by atoms with Gasteiger partial charge in [0.1, 0.15) is 5.75 Å². The summed E-state index contributed by atoms with van der Waals surface area (Å²) in [4.78, 5) is 12.6. The molecule has 26 heavy (non-hydrogen) atoms. The molecule has 0 aliphatic rings. The lowest BCUT2D eigenvalue weighted by molar-refractivity contribution is -0.612. The number of fused-ring (bicyclic) bond motifs is 3. The van der Waals surface area contributed by atoms with Crippen LogP contribution in [0.2, 0.25) is 0 Å². The van der Waals surface area contributed by atoms with Crippen LogP contribution in [0, 0.1) is 0 Å². The van der Waals surface area contributed by atoms with Crippen molar-refractivity contribution in [3.05, 3.63) is 84.6 Å². The Bertz CT molecular complexity index is 1080. The highest BCUT2D eigenvalue weighted by molar-refractivity contribution is 6.04. The first-order valence-electron chi connectivity index (χ1n) is 8.04. The highest BCUT2D eigenvalue weighted by atomic mass is 35.5. The fourth-order valence-corrected chi connectivity index (χ4v) is 2.98. The van der Waals surface area contributed by atoms with E-state index < -0.39 is 0 Å². The van der Waals surface area contributed by atoms with Crippen molar-refractivity contribution in [1.82, 2.24) is 0 Å². The van der Waals surface area contributed by atoms with Gasteiger partial charge in [-0.05, 0) is 36.4 Å². The van der Waals surface area contributed by atoms with E-state index in [4.69, 9.17) is 4.74 Å². The Kier molecular flexibility index (Phi) is 5.05. The number of methoxy groups -OCH3 is 1. The summed E-state index contributed by atoms with van der Waals surface area (Å²) in [5, 5.41) is 3.32. The maximum atomic E-state index is 12.6. The number of aromatic nitrogens is 1. The fourth-order valence-electron chi connectivity index (χ4n) is 2.98. The number of nitrogens with one attached hydrogen (secondary N) is 1. The largest absolute Gasteiger partial charge is 1.00 e. The summed E-state index contributed by atoms with van der Waals surface area (Å²) in [6, 6.07) is 23.2. The molecule has 4 aromatic rings. The normalized spacial score (nSPS) is 10.3. The monoisotopic (exact) mass is 364 g/mol. The first-order chi connectivity index (χ1) is 12.3. The molecule has 0 unspecified atom stereocenters. The van der Waals surface area contributed by atoms with Gasteiger partial charge in [0, 0.05) is 22.4 Å². The van der Waals surface area contributed by atoms with Gasteiger partial charge in [-0.2, -0.15) is 0 Å². The summed E-state index contributed by atoms with van der Waals surface area (Å²) in [5.41, 5.74) is 4.49. The van der Waals surface area contributed by atoms with Crippen LogP contribution in [0.5, 0.6) is 5.75 Å². The summed E-state index contributed by atoms with van der Waals surface area (Å²) in [6.45, 7) is 0. The number of benzene rings is 3. The lowest BCUT2D eigenvalue weighted by Gasteiger charge is -2.06. The van der Waals surface area contributed by atoms with Crippen molar-refractivity contribution in [2.75, 3.05) is 12.5 Å². The number of rotatable bonds is 3. The molecule has 1 heterocycles. The minimum Gasteiger partial charge on any atom is -1.00 e. The van der Waals surface area contributed by atoms with Crippen molar-refractivity contribution < 1.29 is 26.6 Å². The molecule has 5 heteroatoms. The first-order valence-corrected chi connectivity index (χ1v) is 8.04. The fraction of sp³-hybridized carbons (Fsp3) is 0.0476. The zero-order chi connectivity index (χ0) is 17.2. The number of carbonyl (C=O) groups excluding carboxylic acids is 1. The van der Waals surface area contributed by atoms with Crippen molar-refractivity contribution in [3.63, 3.8) is 0 Å². The van der Waals surface area contributed by atoms with Gasteiger partial charge in [-0.3, -0.25) is 4.79 Å². The average Bonchev–Trinajstić information content (AvgIpc) is 2.68. The van der Waals surface area contributed by atoms with Crippen LogP contribution >= 0.6 is 0 Å². The number of pyridine rings is 1. The number of carbonyl (C=O) groups is 1. The van der Waals surface area contributed by atoms with E-state index in [1.165, 1.54) is 0 Å². The first kappa shape index (κ1) is 17.7. The predicted octanol–water partition coefficient (Wildman–Crippen LogP) is 0.677. The molecule has 4 nitrogen and oxygen atoms in total. The molecular formula is C21H17ClN2O2. The van der Waals surface area contributed by atoms with Crippen LogP contribution in [0.15, 0.2) is 79.0 Å². The number of amides is 1. The van der Waals surface area contributed by atoms with Gasteiger partial charge in [0.2, 0.25) is 11.7 Å². The van der Waals surface area contributed by atoms with Gasteiger partial charge in [-0.25, -0.2) is 0 Å². The van der Waals surface area contributed by atoms with Crippen molar-refractivity contribution in [3.8, 4) is 5.75 Å². The average molecular weight is 365 g/mol. The number of nitrogens with zero attached hydrogens (tertiary/aromatic N) is 1. The molecule has 4 rings (SSSR count). The lowest BCUT2D eigenvalue weighted by atomic mass is 10.1. The van der Waals surface area contributed by atoms with Crippen molar-refractivity contribution in [2.24, 2.45) is 0 Å². The SMILES string of the molecule is COc1ccc(C(=O)N[n+]2cc3ccccc3c3ccccc32)cc1.[Cl-]. The van der Waals surface area contributed by atoms with Crippen LogP contribution in [0.3, 0.4) is 0 Å². The molecule has 0 atom stereocenters. The molecule has 3 aromatic carbocycles. The van der Waals surface area contributed by atoms with Crippen LogP contribution in [0.25, 0.3) is 21.7 Å². The third kappa shape index (κ3) is 3.19. The van der Waals surface area contributed by atoms with E-state index >= 15 is 0 Å². The Morgan fingerprint density at radius 2 is 1.54 bits per heavy atom. The third-order valence-corrected chi connectivity index (χ3v) is 4.26. The molecular weight excluding hydrogens is 348 g/mol. The van der Waals surface area contributed by atoms with Crippen LogP contribution in [-0.2, 0) is 0 Å². The molecule has 1 N–H and O–H groups in total. The Morgan fingerprint density at radius 1 is 0.885 bits per heavy atom. The van der Waals surface area contributed by atoms with Gasteiger partial charge in [0.15, 0.2) is 0 Å².